The van der Waals surface area contributed by atoms with E-state index in [9.17, 15) is 4.79 Å². The standard InChI is InChI=1S/C29H29N7O3/c1-35(2)26-15-27(39-5)24(14-23(26)32-28(37)22-11-10-18(38-4)16-31-22)34-29-30-13-12-21(33-29)20-17-36(3)25-9-7-6-8-19(20)25/h6-17H,1-5H3,(H,32,37)(H,30,33,34). The monoisotopic (exact) mass is 523 g/mol. The quantitative estimate of drug-likeness (QED) is 0.289. The van der Waals surface area contributed by atoms with Crippen LogP contribution < -0.4 is 25.0 Å². The van der Waals surface area contributed by atoms with Gasteiger partial charge in [-0.25, -0.2) is 15.0 Å². The molecule has 0 unspecified atom stereocenters. The second-order valence-corrected chi connectivity index (χ2v) is 9.06. The van der Waals surface area contributed by atoms with E-state index in [0.717, 1.165) is 27.8 Å². The summed E-state index contributed by atoms with van der Waals surface area (Å²) in [5, 5.41) is 7.33. The van der Waals surface area contributed by atoms with Crippen LogP contribution in [0.5, 0.6) is 11.5 Å². The van der Waals surface area contributed by atoms with Crippen LogP contribution in [-0.4, -0.2) is 53.7 Å². The SMILES string of the molecule is COc1ccc(C(=O)Nc2cc(Nc3nccc(-c4cn(C)c5ccccc45)n3)c(OC)cc2N(C)C)nc1. The van der Waals surface area contributed by atoms with Gasteiger partial charge >= 0.3 is 0 Å². The van der Waals surface area contributed by atoms with Crippen molar-refractivity contribution in [3.63, 3.8) is 0 Å². The third-order valence-corrected chi connectivity index (χ3v) is 6.33. The van der Waals surface area contributed by atoms with Crippen molar-refractivity contribution < 1.29 is 14.3 Å². The van der Waals surface area contributed by atoms with Crippen LogP contribution in [-0.2, 0) is 7.05 Å². The predicted molar refractivity (Wildman–Crippen MR) is 153 cm³/mol. The molecule has 0 spiro atoms. The van der Waals surface area contributed by atoms with Gasteiger partial charge in [-0.3, -0.25) is 4.79 Å². The molecule has 39 heavy (non-hydrogen) atoms. The number of rotatable bonds is 8. The minimum atomic E-state index is -0.355. The zero-order valence-corrected chi connectivity index (χ0v) is 22.4. The summed E-state index contributed by atoms with van der Waals surface area (Å²) >= 11 is 0. The van der Waals surface area contributed by atoms with Gasteiger partial charge in [0.15, 0.2) is 0 Å². The fourth-order valence-electron chi connectivity index (χ4n) is 4.36. The highest BCUT2D eigenvalue weighted by Crippen LogP contribution is 2.38. The Labute approximate surface area is 226 Å². The van der Waals surface area contributed by atoms with Gasteiger partial charge in [-0.1, -0.05) is 18.2 Å². The summed E-state index contributed by atoms with van der Waals surface area (Å²) in [6.45, 7) is 0. The number of hydrogen-bond acceptors (Lipinski definition) is 8. The van der Waals surface area contributed by atoms with E-state index in [4.69, 9.17) is 14.5 Å². The molecule has 0 aliphatic heterocycles. The number of methoxy groups -OCH3 is 2. The number of aryl methyl sites for hydroxylation is 1. The third kappa shape index (κ3) is 5.17. The Bertz CT molecular complexity index is 1650. The van der Waals surface area contributed by atoms with Crippen molar-refractivity contribution in [1.29, 1.82) is 0 Å². The second-order valence-electron chi connectivity index (χ2n) is 9.06. The van der Waals surface area contributed by atoms with Crippen molar-refractivity contribution in [2.45, 2.75) is 0 Å². The van der Waals surface area contributed by atoms with Gasteiger partial charge in [-0.15, -0.1) is 0 Å². The molecular formula is C29H29N7O3. The molecule has 2 N–H and O–H groups in total. The van der Waals surface area contributed by atoms with E-state index in [1.54, 1.807) is 38.6 Å². The molecule has 0 saturated carbocycles. The molecule has 10 nitrogen and oxygen atoms in total. The highest BCUT2D eigenvalue weighted by molar-refractivity contribution is 6.05. The van der Waals surface area contributed by atoms with Gasteiger partial charge in [0, 0.05) is 56.1 Å². The first-order valence-corrected chi connectivity index (χ1v) is 12.2. The zero-order valence-electron chi connectivity index (χ0n) is 22.4. The maximum atomic E-state index is 13.0. The number of fused-ring (bicyclic) bond motifs is 1. The minimum Gasteiger partial charge on any atom is -0.495 e. The zero-order chi connectivity index (χ0) is 27.5. The Kier molecular flexibility index (Phi) is 7.00. The maximum Gasteiger partial charge on any atom is 0.274 e. The molecule has 5 rings (SSSR count). The highest BCUT2D eigenvalue weighted by atomic mass is 16.5. The summed E-state index contributed by atoms with van der Waals surface area (Å²) in [6.07, 6.45) is 5.28. The number of hydrogen-bond donors (Lipinski definition) is 2. The smallest absolute Gasteiger partial charge is 0.274 e. The number of ether oxygens (including phenoxy) is 2. The Morgan fingerprint density at radius 1 is 0.974 bits per heavy atom. The first-order valence-electron chi connectivity index (χ1n) is 12.2. The third-order valence-electron chi connectivity index (χ3n) is 6.33. The number of aromatic nitrogens is 4. The normalized spacial score (nSPS) is 10.8. The average molecular weight is 524 g/mol. The lowest BCUT2D eigenvalue weighted by atomic mass is 10.1. The summed E-state index contributed by atoms with van der Waals surface area (Å²) in [7, 11) is 8.93. The van der Waals surface area contributed by atoms with E-state index >= 15 is 0 Å². The van der Waals surface area contributed by atoms with E-state index in [0.29, 0.717) is 28.8 Å². The van der Waals surface area contributed by atoms with E-state index in [1.165, 1.54) is 6.20 Å². The lowest BCUT2D eigenvalue weighted by molar-refractivity contribution is 0.102. The first kappa shape index (κ1) is 25.5. The fraction of sp³-hybridized carbons (Fsp3) is 0.172. The van der Waals surface area contributed by atoms with Crippen molar-refractivity contribution in [2.75, 3.05) is 43.8 Å². The molecule has 198 valence electrons. The minimum absolute atomic E-state index is 0.261. The number of benzene rings is 2. The Balaban J connectivity index is 1.48. The number of para-hydroxylation sites is 1. The van der Waals surface area contributed by atoms with Crippen LogP contribution in [0.2, 0.25) is 0 Å². The van der Waals surface area contributed by atoms with Crippen molar-refractivity contribution in [2.24, 2.45) is 7.05 Å². The molecule has 3 heterocycles. The van der Waals surface area contributed by atoms with Crippen LogP contribution in [0.3, 0.4) is 0 Å². The van der Waals surface area contributed by atoms with Crippen LogP contribution in [0.25, 0.3) is 22.2 Å². The molecule has 0 bridgehead atoms. The molecule has 1 amide bonds. The molecule has 3 aromatic heterocycles. The molecular weight excluding hydrogens is 494 g/mol. The number of amides is 1. The number of anilines is 4. The van der Waals surface area contributed by atoms with E-state index in [2.05, 4.69) is 43.5 Å². The van der Waals surface area contributed by atoms with Crippen LogP contribution in [0.4, 0.5) is 23.0 Å². The van der Waals surface area contributed by atoms with Crippen LogP contribution in [0.15, 0.2) is 73.2 Å². The van der Waals surface area contributed by atoms with Gasteiger partial charge in [0.25, 0.3) is 5.91 Å². The van der Waals surface area contributed by atoms with Crippen LogP contribution in [0, 0.1) is 0 Å². The van der Waals surface area contributed by atoms with Gasteiger partial charge < -0.3 is 29.6 Å². The summed E-state index contributed by atoms with van der Waals surface area (Å²) < 4.78 is 12.9. The van der Waals surface area contributed by atoms with Gasteiger partial charge in [-0.05, 0) is 30.3 Å². The summed E-state index contributed by atoms with van der Waals surface area (Å²) in [6, 6.07) is 17.0. The number of nitrogens with one attached hydrogen (secondary N) is 2. The molecule has 0 aliphatic rings. The molecule has 0 fully saturated rings. The van der Waals surface area contributed by atoms with Gasteiger partial charge in [0.05, 0.1) is 43.2 Å². The van der Waals surface area contributed by atoms with Crippen LogP contribution >= 0.6 is 0 Å². The molecule has 0 saturated heterocycles. The van der Waals surface area contributed by atoms with Crippen molar-refractivity contribution in [3.8, 4) is 22.8 Å². The predicted octanol–water partition coefficient (Wildman–Crippen LogP) is 5.11. The number of carbonyl (C=O) groups excluding carboxylic acids is 1. The maximum absolute atomic E-state index is 13.0. The summed E-state index contributed by atoms with van der Waals surface area (Å²) in [5.74, 6) is 1.18. The average Bonchev–Trinajstić information content (AvgIpc) is 3.29. The highest BCUT2D eigenvalue weighted by Gasteiger charge is 2.18. The Hall–Kier alpha value is -5.12. The lowest BCUT2D eigenvalue weighted by Gasteiger charge is -2.21. The molecule has 10 heteroatoms. The van der Waals surface area contributed by atoms with Crippen molar-refractivity contribution in [3.05, 3.63) is 78.9 Å². The Morgan fingerprint density at radius 2 is 1.79 bits per heavy atom. The topological polar surface area (TPSA) is 106 Å². The Morgan fingerprint density at radius 3 is 2.51 bits per heavy atom. The van der Waals surface area contributed by atoms with Gasteiger partial charge in [0.2, 0.25) is 5.95 Å². The van der Waals surface area contributed by atoms with E-state index in [1.807, 2.05) is 50.3 Å². The van der Waals surface area contributed by atoms with E-state index in [-0.39, 0.29) is 11.6 Å². The summed E-state index contributed by atoms with van der Waals surface area (Å²) in [5.41, 5.74) is 5.09. The van der Waals surface area contributed by atoms with E-state index < -0.39 is 0 Å². The van der Waals surface area contributed by atoms with Crippen molar-refractivity contribution in [1.82, 2.24) is 19.5 Å². The number of nitrogens with zero attached hydrogens (tertiary/aromatic N) is 5. The van der Waals surface area contributed by atoms with Crippen molar-refractivity contribution >= 4 is 39.8 Å². The number of pyridine rings is 1. The molecule has 0 atom stereocenters. The largest absolute Gasteiger partial charge is 0.495 e. The molecule has 2 aromatic carbocycles. The second kappa shape index (κ2) is 10.7. The summed E-state index contributed by atoms with van der Waals surface area (Å²) in [4.78, 5) is 28.3. The first-order chi connectivity index (χ1) is 18.9. The molecule has 0 aliphatic carbocycles. The van der Waals surface area contributed by atoms with Gasteiger partial charge in [0.1, 0.15) is 17.2 Å². The van der Waals surface area contributed by atoms with Crippen LogP contribution in [0.1, 0.15) is 10.5 Å². The lowest BCUT2D eigenvalue weighted by Crippen LogP contribution is -2.18. The number of carbonyl (C=O) groups is 1. The van der Waals surface area contributed by atoms with Gasteiger partial charge in [-0.2, -0.15) is 0 Å². The molecule has 5 aromatic rings. The fourth-order valence-corrected chi connectivity index (χ4v) is 4.36. The molecule has 0 radical (unpaired) electrons.